The molecule has 1 unspecified atom stereocenters. The summed E-state index contributed by atoms with van der Waals surface area (Å²) < 4.78 is 40.2. The van der Waals surface area contributed by atoms with Gasteiger partial charge in [0, 0.05) is 6.16 Å². The van der Waals surface area contributed by atoms with Crippen molar-refractivity contribution < 1.29 is 17.2 Å². The predicted molar refractivity (Wildman–Crippen MR) is 73.3 cm³/mol. The van der Waals surface area contributed by atoms with Gasteiger partial charge in [-0.2, -0.15) is 8.42 Å². The molecule has 18 heavy (non-hydrogen) atoms. The van der Waals surface area contributed by atoms with E-state index in [0.29, 0.717) is 5.56 Å². The van der Waals surface area contributed by atoms with Crippen molar-refractivity contribution in [3.8, 4) is 0 Å². The molecule has 0 fully saturated rings. The number of hydrogen-bond donors (Lipinski definition) is 0. The van der Waals surface area contributed by atoms with E-state index in [1.54, 1.807) is 26.0 Å². The smallest absolute Gasteiger partial charge is 0.299 e. The third-order valence-electron chi connectivity index (χ3n) is 2.29. The first-order valence-electron chi connectivity index (χ1n) is 5.12. The number of halogens is 2. The number of rotatable bonds is 5. The third-order valence-corrected chi connectivity index (χ3v) is 6.83. The van der Waals surface area contributed by atoms with E-state index in [2.05, 4.69) is 0 Å². The molecule has 0 aliphatic rings. The molecular weight excluding hydrogens is 318 g/mol. The molecule has 0 aromatic heterocycles. The molecule has 0 heterocycles. The molecule has 0 amide bonds. The lowest BCUT2D eigenvalue weighted by molar-refractivity contribution is 0.370. The molecule has 1 rings (SSSR count). The Balaban J connectivity index is 3.05. The van der Waals surface area contributed by atoms with Crippen LogP contribution in [0.3, 0.4) is 0 Å². The fourth-order valence-electron chi connectivity index (χ4n) is 1.23. The molecule has 1 aromatic carbocycles. The van der Waals surface area contributed by atoms with Gasteiger partial charge in [-0.25, -0.2) is 0 Å². The molecule has 1 aromatic rings. The third kappa shape index (κ3) is 3.97. The van der Waals surface area contributed by atoms with Crippen LogP contribution in [0.2, 0.25) is 5.02 Å². The van der Waals surface area contributed by atoms with E-state index < -0.39 is 23.0 Å². The van der Waals surface area contributed by atoms with Gasteiger partial charge in [0.2, 0.25) is 0 Å². The zero-order valence-electron chi connectivity index (χ0n) is 9.89. The zero-order chi connectivity index (χ0) is 14.0. The lowest BCUT2D eigenvalue weighted by Crippen LogP contribution is -2.09. The van der Waals surface area contributed by atoms with E-state index in [1.165, 1.54) is 6.07 Å². The van der Waals surface area contributed by atoms with Crippen LogP contribution in [-0.2, 0) is 18.9 Å². The Bertz CT molecular complexity index is 565. The highest BCUT2D eigenvalue weighted by Crippen LogP contribution is 2.51. The summed E-state index contributed by atoms with van der Waals surface area (Å²) in [6, 6.07) is 4.68. The molecule has 0 N–H and O–H groups in total. The second-order valence-corrected chi connectivity index (χ2v) is 9.97. The van der Waals surface area contributed by atoms with Crippen molar-refractivity contribution in [2.45, 2.75) is 18.7 Å². The Morgan fingerprint density at radius 2 is 2.00 bits per heavy atom. The minimum atomic E-state index is -4.05. The van der Waals surface area contributed by atoms with Gasteiger partial charge in [-0.15, -0.1) is 0 Å². The second kappa shape index (κ2) is 5.93. The summed E-state index contributed by atoms with van der Waals surface area (Å²) in [5.41, 5.74) is 0.461. The summed E-state index contributed by atoms with van der Waals surface area (Å²) in [7, 11) is -4.05. The molecule has 0 radical (unpaired) electrons. The number of benzene rings is 1. The monoisotopic (exact) mass is 330 g/mol. The van der Waals surface area contributed by atoms with Crippen LogP contribution < -0.4 is 0 Å². The fourth-order valence-corrected chi connectivity index (χ4v) is 4.35. The van der Waals surface area contributed by atoms with Gasteiger partial charge in [0.05, 0.1) is 5.02 Å². The van der Waals surface area contributed by atoms with Gasteiger partial charge >= 0.3 is 0 Å². The van der Waals surface area contributed by atoms with Crippen molar-refractivity contribution in [2.24, 2.45) is 0 Å². The van der Waals surface area contributed by atoms with Gasteiger partial charge in [-0.05, 0) is 18.6 Å². The van der Waals surface area contributed by atoms with Gasteiger partial charge in [0.15, 0.2) is 6.49 Å². The molecule has 0 aliphatic carbocycles. The van der Waals surface area contributed by atoms with Crippen LogP contribution >= 0.6 is 29.3 Å². The molecule has 1 atom stereocenters. The average molecular weight is 331 g/mol. The summed E-state index contributed by atoms with van der Waals surface area (Å²) in [6.45, 7) is 0.108. The predicted octanol–water partition coefficient (Wildman–Crippen LogP) is 3.85. The molecule has 102 valence electrons. The summed E-state index contributed by atoms with van der Waals surface area (Å²) in [5, 5.41) is 0.0657. The second-order valence-electron chi connectivity index (χ2n) is 3.69. The van der Waals surface area contributed by atoms with Crippen LogP contribution in [0, 0.1) is 6.92 Å². The lowest BCUT2D eigenvalue weighted by Gasteiger charge is -2.11. The fraction of sp³-hybridized carbons (Fsp3) is 0.400. The highest BCUT2D eigenvalue weighted by molar-refractivity contribution is 7.90. The van der Waals surface area contributed by atoms with Crippen molar-refractivity contribution in [3.63, 3.8) is 0 Å². The van der Waals surface area contributed by atoms with Crippen LogP contribution in [0.1, 0.15) is 12.5 Å². The topological polar surface area (TPSA) is 60.4 Å². The van der Waals surface area contributed by atoms with Gasteiger partial charge < -0.3 is 4.57 Å². The van der Waals surface area contributed by atoms with Crippen molar-refractivity contribution in [2.75, 3.05) is 12.5 Å². The Hall–Kier alpha value is -0.0600. The van der Waals surface area contributed by atoms with Crippen molar-refractivity contribution in [1.29, 1.82) is 0 Å². The Morgan fingerprint density at radius 3 is 2.50 bits per heavy atom. The van der Waals surface area contributed by atoms with Gasteiger partial charge in [0.25, 0.3) is 10.1 Å². The first-order chi connectivity index (χ1) is 8.19. The van der Waals surface area contributed by atoms with Crippen LogP contribution in [0.25, 0.3) is 0 Å². The largest absolute Gasteiger partial charge is 0.304 e. The zero-order valence-corrected chi connectivity index (χ0v) is 13.1. The van der Waals surface area contributed by atoms with E-state index in [9.17, 15) is 13.0 Å². The molecule has 0 aliphatic heterocycles. The van der Waals surface area contributed by atoms with Crippen molar-refractivity contribution in [1.82, 2.24) is 0 Å². The normalized spacial score (nSPS) is 15.3. The summed E-state index contributed by atoms with van der Waals surface area (Å²) in [4.78, 5) is -0.112. The standard InChI is InChI=1S/C10H13Cl2O4PS/c1-3-17(12,13)7-16-18(14,15)10-8(2)5-4-6-9(10)11/h4-6H,3,7H2,1-2H3. The Kier molecular flexibility index (Phi) is 5.27. The number of hydrogen-bond acceptors (Lipinski definition) is 4. The first-order valence-corrected chi connectivity index (χ1v) is 9.89. The minimum absolute atomic E-state index is 0.0657. The molecule has 0 bridgehead atoms. The maximum atomic E-state index is 12.0. The van der Waals surface area contributed by atoms with Crippen LogP contribution in [0.4, 0.5) is 0 Å². The van der Waals surface area contributed by atoms with E-state index in [0.717, 1.165) is 0 Å². The SMILES string of the molecule is CCP(=O)(Cl)COS(=O)(=O)c1c(C)cccc1Cl. The molecule has 0 saturated carbocycles. The van der Waals surface area contributed by atoms with E-state index in [1.807, 2.05) is 0 Å². The van der Waals surface area contributed by atoms with Gasteiger partial charge in [-0.1, -0.05) is 41.9 Å². The summed E-state index contributed by atoms with van der Waals surface area (Å²) in [5.74, 6) is 0. The highest BCUT2D eigenvalue weighted by Gasteiger charge is 2.26. The summed E-state index contributed by atoms with van der Waals surface area (Å²) in [6.07, 6.45) is -0.371. The van der Waals surface area contributed by atoms with E-state index >= 15 is 0 Å². The first kappa shape index (κ1) is 16.0. The lowest BCUT2D eigenvalue weighted by atomic mass is 10.2. The molecule has 8 heteroatoms. The Labute approximate surface area is 117 Å². The minimum Gasteiger partial charge on any atom is -0.304 e. The summed E-state index contributed by atoms with van der Waals surface area (Å²) >= 11 is 11.5. The molecule has 4 nitrogen and oxygen atoms in total. The van der Waals surface area contributed by atoms with Crippen molar-refractivity contribution in [3.05, 3.63) is 28.8 Å². The van der Waals surface area contributed by atoms with E-state index in [-0.39, 0.29) is 16.1 Å². The van der Waals surface area contributed by atoms with Crippen molar-refractivity contribution >= 4 is 39.5 Å². The van der Waals surface area contributed by atoms with Crippen LogP contribution in [0.15, 0.2) is 23.1 Å². The highest BCUT2D eigenvalue weighted by atomic mass is 35.7. The average Bonchev–Trinajstić information content (AvgIpc) is 2.26. The molecule has 0 spiro atoms. The maximum Gasteiger partial charge on any atom is 0.299 e. The Morgan fingerprint density at radius 1 is 1.39 bits per heavy atom. The number of aryl methyl sites for hydroxylation is 1. The van der Waals surface area contributed by atoms with E-state index in [4.69, 9.17) is 27.0 Å². The molecular formula is C10H13Cl2O4PS. The van der Waals surface area contributed by atoms with Gasteiger partial charge in [0.1, 0.15) is 11.2 Å². The van der Waals surface area contributed by atoms with Crippen LogP contribution in [0.5, 0.6) is 0 Å². The molecule has 0 saturated heterocycles. The van der Waals surface area contributed by atoms with Gasteiger partial charge in [-0.3, -0.25) is 4.18 Å². The maximum absolute atomic E-state index is 12.0. The quantitative estimate of drug-likeness (QED) is 0.607. The van der Waals surface area contributed by atoms with Crippen LogP contribution in [-0.4, -0.2) is 20.9 Å².